The van der Waals surface area contributed by atoms with Crippen molar-refractivity contribution in [3.63, 3.8) is 0 Å². The van der Waals surface area contributed by atoms with Crippen LogP contribution in [0.2, 0.25) is 5.02 Å². The van der Waals surface area contributed by atoms with Crippen LogP contribution in [0.15, 0.2) is 34.7 Å². The summed E-state index contributed by atoms with van der Waals surface area (Å²) in [5.41, 5.74) is 2.34. The number of thiophene rings is 1. The molecule has 1 aromatic carbocycles. The van der Waals surface area contributed by atoms with Crippen molar-refractivity contribution >= 4 is 28.9 Å². The second-order valence-corrected chi connectivity index (χ2v) is 6.91. The number of oxazole rings is 1. The van der Waals surface area contributed by atoms with E-state index in [0.29, 0.717) is 22.4 Å². The predicted octanol–water partition coefficient (Wildman–Crippen LogP) is 4.97. The van der Waals surface area contributed by atoms with Crippen LogP contribution in [0.5, 0.6) is 0 Å². The average molecular weight is 348 g/mol. The standard InChI is InChI=1S/C17H14ClNO3S/c1-9-7-14(23-10(9)2)17-19-13(8-15(20)21)16(22-17)11-3-5-12(18)6-4-11/h3-7H,8H2,1-2H3,(H,20,21). The van der Waals surface area contributed by atoms with Gasteiger partial charge in [-0.15, -0.1) is 11.3 Å². The van der Waals surface area contributed by atoms with Gasteiger partial charge in [-0.2, -0.15) is 0 Å². The van der Waals surface area contributed by atoms with Crippen LogP contribution in [0.25, 0.3) is 22.1 Å². The molecule has 118 valence electrons. The maximum atomic E-state index is 11.1. The monoisotopic (exact) mass is 347 g/mol. The minimum atomic E-state index is -0.946. The molecule has 2 heterocycles. The number of carboxylic acid groups (broad SMARTS) is 1. The lowest BCUT2D eigenvalue weighted by Gasteiger charge is -1.99. The molecule has 6 heteroatoms. The van der Waals surface area contributed by atoms with Crippen LogP contribution in [0.1, 0.15) is 16.1 Å². The number of halogens is 1. The van der Waals surface area contributed by atoms with Gasteiger partial charge in [0.15, 0.2) is 5.76 Å². The molecule has 2 aromatic heterocycles. The van der Waals surface area contributed by atoms with Gasteiger partial charge in [0.05, 0.1) is 17.0 Å². The highest BCUT2D eigenvalue weighted by molar-refractivity contribution is 7.15. The maximum Gasteiger partial charge on any atom is 0.309 e. The smallest absolute Gasteiger partial charge is 0.309 e. The fourth-order valence-electron chi connectivity index (χ4n) is 2.23. The molecule has 3 aromatic rings. The van der Waals surface area contributed by atoms with Gasteiger partial charge < -0.3 is 9.52 Å². The Morgan fingerprint density at radius 3 is 2.57 bits per heavy atom. The normalized spacial score (nSPS) is 10.9. The summed E-state index contributed by atoms with van der Waals surface area (Å²) < 4.78 is 5.89. The second-order valence-electron chi connectivity index (χ2n) is 5.22. The molecule has 0 aliphatic carbocycles. The molecule has 0 saturated heterocycles. The molecule has 0 amide bonds. The quantitative estimate of drug-likeness (QED) is 0.723. The zero-order chi connectivity index (χ0) is 16.6. The molecule has 1 N–H and O–H groups in total. The molecule has 0 fully saturated rings. The van der Waals surface area contributed by atoms with Gasteiger partial charge in [0.2, 0.25) is 5.89 Å². The van der Waals surface area contributed by atoms with Gasteiger partial charge in [-0.25, -0.2) is 4.98 Å². The summed E-state index contributed by atoms with van der Waals surface area (Å²) in [5, 5.41) is 9.72. The Labute approximate surface area is 142 Å². The average Bonchev–Trinajstić information content (AvgIpc) is 3.04. The van der Waals surface area contributed by atoms with E-state index in [1.165, 1.54) is 4.88 Å². The minimum Gasteiger partial charge on any atom is -0.481 e. The van der Waals surface area contributed by atoms with Crippen molar-refractivity contribution in [2.24, 2.45) is 0 Å². The molecule has 0 atom stereocenters. The van der Waals surface area contributed by atoms with E-state index < -0.39 is 5.97 Å². The van der Waals surface area contributed by atoms with Crippen molar-refractivity contribution in [3.05, 3.63) is 51.5 Å². The van der Waals surface area contributed by atoms with Crippen LogP contribution in [-0.4, -0.2) is 16.1 Å². The molecule has 0 bridgehead atoms. The zero-order valence-corrected chi connectivity index (χ0v) is 14.2. The van der Waals surface area contributed by atoms with Crippen molar-refractivity contribution in [2.45, 2.75) is 20.3 Å². The first-order chi connectivity index (χ1) is 10.9. The number of carbonyl (C=O) groups is 1. The van der Waals surface area contributed by atoms with Gasteiger partial charge in [-0.05, 0) is 49.7 Å². The lowest BCUT2D eigenvalue weighted by Crippen LogP contribution is -2.01. The lowest BCUT2D eigenvalue weighted by atomic mass is 10.1. The van der Waals surface area contributed by atoms with E-state index in [4.69, 9.17) is 21.1 Å². The third kappa shape index (κ3) is 3.30. The van der Waals surface area contributed by atoms with Gasteiger partial charge in [-0.1, -0.05) is 11.6 Å². The first kappa shape index (κ1) is 15.8. The highest BCUT2D eigenvalue weighted by Crippen LogP contribution is 2.35. The molecule has 23 heavy (non-hydrogen) atoms. The number of hydrogen-bond acceptors (Lipinski definition) is 4. The van der Waals surface area contributed by atoms with Crippen molar-refractivity contribution in [1.29, 1.82) is 0 Å². The largest absolute Gasteiger partial charge is 0.481 e. The zero-order valence-electron chi connectivity index (χ0n) is 12.6. The summed E-state index contributed by atoms with van der Waals surface area (Å²) in [6.45, 7) is 4.06. The topological polar surface area (TPSA) is 63.3 Å². The maximum absolute atomic E-state index is 11.1. The summed E-state index contributed by atoms with van der Waals surface area (Å²) in [5.74, 6) is -0.0197. The van der Waals surface area contributed by atoms with Crippen molar-refractivity contribution in [1.82, 2.24) is 4.98 Å². The number of rotatable bonds is 4. The lowest BCUT2D eigenvalue weighted by molar-refractivity contribution is -0.136. The van der Waals surface area contributed by atoms with E-state index in [9.17, 15) is 4.79 Å². The van der Waals surface area contributed by atoms with E-state index in [0.717, 1.165) is 16.0 Å². The van der Waals surface area contributed by atoms with Crippen LogP contribution < -0.4 is 0 Å². The Kier molecular flexibility index (Phi) is 4.24. The number of carboxylic acids is 1. The fraction of sp³-hybridized carbons (Fsp3) is 0.176. The van der Waals surface area contributed by atoms with E-state index >= 15 is 0 Å². The van der Waals surface area contributed by atoms with E-state index in [1.807, 2.05) is 19.9 Å². The van der Waals surface area contributed by atoms with E-state index in [1.54, 1.807) is 35.6 Å². The SMILES string of the molecule is Cc1cc(-c2nc(CC(=O)O)c(-c3ccc(Cl)cc3)o2)sc1C. The number of aromatic nitrogens is 1. The molecule has 0 saturated carbocycles. The van der Waals surface area contributed by atoms with E-state index in [-0.39, 0.29) is 6.42 Å². The molecule has 0 spiro atoms. The van der Waals surface area contributed by atoms with Crippen LogP contribution in [-0.2, 0) is 11.2 Å². The van der Waals surface area contributed by atoms with Gasteiger partial charge >= 0.3 is 5.97 Å². The van der Waals surface area contributed by atoms with Gasteiger partial charge in [0.1, 0.15) is 0 Å². The van der Waals surface area contributed by atoms with Crippen LogP contribution in [0.4, 0.5) is 0 Å². The summed E-state index contributed by atoms with van der Waals surface area (Å²) in [6.07, 6.45) is -0.190. The first-order valence-electron chi connectivity index (χ1n) is 6.99. The molecule has 0 aliphatic heterocycles. The number of hydrogen-bond donors (Lipinski definition) is 1. The van der Waals surface area contributed by atoms with Crippen LogP contribution in [0, 0.1) is 13.8 Å². The van der Waals surface area contributed by atoms with Crippen molar-refractivity contribution in [2.75, 3.05) is 0 Å². The second kappa shape index (κ2) is 6.18. The molecular formula is C17H14ClNO3S. The molecular weight excluding hydrogens is 334 g/mol. The number of nitrogens with zero attached hydrogens (tertiary/aromatic N) is 1. The number of aliphatic carboxylic acids is 1. The van der Waals surface area contributed by atoms with Crippen LogP contribution >= 0.6 is 22.9 Å². The summed E-state index contributed by atoms with van der Waals surface area (Å²) in [4.78, 5) is 17.6. The van der Waals surface area contributed by atoms with Crippen LogP contribution in [0.3, 0.4) is 0 Å². The number of aryl methyl sites for hydroxylation is 2. The molecule has 4 nitrogen and oxygen atoms in total. The Bertz CT molecular complexity index is 845. The molecule has 0 unspecified atom stereocenters. The Morgan fingerprint density at radius 1 is 1.30 bits per heavy atom. The third-order valence-electron chi connectivity index (χ3n) is 3.50. The van der Waals surface area contributed by atoms with Crippen molar-refractivity contribution in [3.8, 4) is 22.1 Å². The fourth-order valence-corrected chi connectivity index (χ4v) is 3.31. The Balaban J connectivity index is 2.09. The van der Waals surface area contributed by atoms with Gasteiger partial charge in [0.25, 0.3) is 0 Å². The van der Waals surface area contributed by atoms with Gasteiger partial charge in [0, 0.05) is 15.5 Å². The number of benzene rings is 1. The minimum absolute atomic E-state index is 0.190. The highest BCUT2D eigenvalue weighted by Gasteiger charge is 2.20. The Morgan fingerprint density at radius 2 is 2.00 bits per heavy atom. The molecule has 0 aliphatic rings. The molecule has 3 rings (SSSR count). The van der Waals surface area contributed by atoms with Gasteiger partial charge in [-0.3, -0.25) is 4.79 Å². The van der Waals surface area contributed by atoms with Crippen molar-refractivity contribution < 1.29 is 14.3 Å². The third-order valence-corrected chi connectivity index (χ3v) is 4.89. The predicted molar refractivity (Wildman–Crippen MR) is 91.1 cm³/mol. The molecule has 0 radical (unpaired) electrons. The summed E-state index contributed by atoms with van der Waals surface area (Å²) >= 11 is 7.49. The summed E-state index contributed by atoms with van der Waals surface area (Å²) in [6, 6.07) is 9.07. The van der Waals surface area contributed by atoms with E-state index in [2.05, 4.69) is 4.98 Å². The highest BCUT2D eigenvalue weighted by atomic mass is 35.5. The summed E-state index contributed by atoms with van der Waals surface area (Å²) in [7, 11) is 0. The Hall–Kier alpha value is -2.11. The first-order valence-corrected chi connectivity index (χ1v) is 8.18.